The molecular weight excluding hydrogens is 607 g/mol. The lowest BCUT2D eigenvalue weighted by Gasteiger charge is -2.21. The van der Waals surface area contributed by atoms with Crippen LogP contribution in [0.3, 0.4) is 0 Å². The van der Waals surface area contributed by atoms with E-state index in [1.807, 2.05) is 12.4 Å². The summed E-state index contributed by atoms with van der Waals surface area (Å²) in [7, 11) is 0. The maximum atomic E-state index is 4.53. The van der Waals surface area contributed by atoms with Crippen molar-refractivity contribution in [3.05, 3.63) is 188 Å². The molecule has 0 aliphatic rings. The molecule has 7 aromatic carbocycles. The van der Waals surface area contributed by atoms with Gasteiger partial charge in [-0.3, -0.25) is 4.98 Å². The fourth-order valence-electron chi connectivity index (χ4n) is 7.85. The Bertz CT molecular complexity index is 2750. The number of pyridine rings is 1. The van der Waals surface area contributed by atoms with Crippen molar-refractivity contribution in [3.8, 4) is 44.8 Å². The van der Waals surface area contributed by atoms with Gasteiger partial charge in [0.1, 0.15) is 0 Å². The van der Waals surface area contributed by atoms with Crippen LogP contribution in [0.1, 0.15) is 0 Å². The highest BCUT2D eigenvalue weighted by atomic mass is 15.0. The second-order valence-corrected chi connectivity index (χ2v) is 12.8. The highest BCUT2D eigenvalue weighted by Crippen LogP contribution is 2.43. The third-order valence-electron chi connectivity index (χ3n) is 10.0. The standard InChI is InChI=1S/C47H31N3/c1-3-14-32(15-4-1)35-27-26-34(30-46(35)49-42-23-10-9-20-40(42)41-31-48-29-28-45(41)49)37-22-13-21-36(33-16-5-2-6-17-33)47(37)50-43-24-11-7-18-38(43)39-19-8-12-25-44(39)50/h1-31H. The Morgan fingerprint density at radius 2 is 0.840 bits per heavy atom. The second kappa shape index (κ2) is 11.5. The van der Waals surface area contributed by atoms with E-state index in [0.29, 0.717) is 0 Å². The van der Waals surface area contributed by atoms with Crippen LogP contribution in [-0.2, 0) is 0 Å². The Hall–Kier alpha value is -6.71. The number of para-hydroxylation sites is 4. The third kappa shape index (κ3) is 4.34. The van der Waals surface area contributed by atoms with Gasteiger partial charge in [-0.25, -0.2) is 0 Å². The average Bonchev–Trinajstić information content (AvgIpc) is 3.71. The van der Waals surface area contributed by atoms with Crippen LogP contribution >= 0.6 is 0 Å². The molecule has 0 fully saturated rings. The van der Waals surface area contributed by atoms with Gasteiger partial charge >= 0.3 is 0 Å². The van der Waals surface area contributed by atoms with Gasteiger partial charge in [-0.05, 0) is 47.0 Å². The number of aromatic nitrogens is 3. The lowest BCUT2D eigenvalue weighted by molar-refractivity contribution is 1.17. The highest BCUT2D eigenvalue weighted by molar-refractivity contribution is 6.11. The van der Waals surface area contributed by atoms with Crippen LogP contribution < -0.4 is 0 Å². The van der Waals surface area contributed by atoms with E-state index < -0.39 is 0 Å². The Labute approximate surface area is 290 Å². The van der Waals surface area contributed by atoms with E-state index in [2.05, 4.69) is 190 Å². The number of rotatable bonds is 5. The molecule has 0 saturated heterocycles. The topological polar surface area (TPSA) is 22.8 Å². The summed E-state index contributed by atoms with van der Waals surface area (Å²) in [6.45, 7) is 0. The van der Waals surface area contributed by atoms with Crippen molar-refractivity contribution < 1.29 is 0 Å². The van der Waals surface area contributed by atoms with Gasteiger partial charge in [0.2, 0.25) is 0 Å². The van der Waals surface area contributed by atoms with E-state index in [9.17, 15) is 0 Å². The summed E-state index contributed by atoms with van der Waals surface area (Å²) >= 11 is 0. The Kier molecular flexibility index (Phi) is 6.49. The zero-order valence-electron chi connectivity index (χ0n) is 27.2. The molecule has 0 bridgehead atoms. The van der Waals surface area contributed by atoms with Gasteiger partial charge in [-0.2, -0.15) is 0 Å². The zero-order chi connectivity index (χ0) is 33.0. The maximum absolute atomic E-state index is 4.53. The summed E-state index contributed by atoms with van der Waals surface area (Å²) in [5.74, 6) is 0. The molecule has 0 unspecified atom stereocenters. The minimum atomic E-state index is 1.13. The van der Waals surface area contributed by atoms with Crippen molar-refractivity contribution >= 4 is 43.6 Å². The van der Waals surface area contributed by atoms with Crippen LogP contribution in [0.4, 0.5) is 0 Å². The molecule has 50 heavy (non-hydrogen) atoms. The van der Waals surface area contributed by atoms with Crippen LogP contribution in [0, 0.1) is 0 Å². The van der Waals surface area contributed by atoms with Crippen LogP contribution in [0.2, 0.25) is 0 Å². The first kappa shape index (κ1) is 28.3. The molecule has 0 aliphatic carbocycles. The fraction of sp³-hybridized carbons (Fsp3) is 0. The third-order valence-corrected chi connectivity index (χ3v) is 10.0. The Morgan fingerprint density at radius 3 is 1.48 bits per heavy atom. The number of fused-ring (bicyclic) bond motifs is 6. The van der Waals surface area contributed by atoms with Crippen LogP contribution in [0.25, 0.3) is 88.4 Å². The summed E-state index contributed by atoms with van der Waals surface area (Å²) in [6.07, 6.45) is 3.89. The molecule has 0 aliphatic heterocycles. The Morgan fingerprint density at radius 1 is 0.340 bits per heavy atom. The molecule has 0 spiro atoms. The molecule has 3 nitrogen and oxygen atoms in total. The molecule has 0 amide bonds. The smallest absolute Gasteiger partial charge is 0.0618 e. The van der Waals surface area contributed by atoms with Crippen LogP contribution in [0.15, 0.2) is 188 Å². The van der Waals surface area contributed by atoms with E-state index in [1.165, 1.54) is 60.7 Å². The first-order valence-corrected chi connectivity index (χ1v) is 17.1. The molecule has 10 aromatic rings. The second-order valence-electron chi connectivity index (χ2n) is 12.8. The van der Waals surface area contributed by atoms with Crippen molar-refractivity contribution in [2.45, 2.75) is 0 Å². The van der Waals surface area contributed by atoms with Crippen molar-refractivity contribution in [3.63, 3.8) is 0 Å². The predicted octanol–water partition coefficient (Wildman–Crippen LogP) is 12.3. The monoisotopic (exact) mass is 637 g/mol. The summed E-state index contributed by atoms with van der Waals surface area (Å²) in [5, 5.41) is 4.83. The van der Waals surface area contributed by atoms with Crippen molar-refractivity contribution in [2.24, 2.45) is 0 Å². The minimum absolute atomic E-state index is 1.13. The Balaban J connectivity index is 1.33. The molecule has 3 heterocycles. The SMILES string of the molecule is c1ccc(-c2ccc(-c3cccc(-c4ccccc4)c3-n3c4ccccc4c4ccccc43)cc2-n2c3ccccc3c3cnccc32)cc1. The van der Waals surface area contributed by atoms with Gasteiger partial charge in [-0.15, -0.1) is 0 Å². The van der Waals surface area contributed by atoms with E-state index in [4.69, 9.17) is 0 Å². The maximum Gasteiger partial charge on any atom is 0.0618 e. The van der Waals surface area contributed by atoms with Gasteiger partial charge in [0.15, 0.2) is 0 Å². The summed E-state index contributed by atoms with van der Waals surface area (Å²) in [5.41, 5.74) is 14.0. The van der Waals surface area contributed by atoms with Crippen molar-refractivity contribution in [1.29, 1.82) is 0 Å². The molecule has 0 radical (unpaired) electrons. The molecule has 3 aromatic heterocycles. The molecule has 10 rings (SSSR count). The van der Waals surface area contributed by atoms with E-state index in [-0.39, 0.29) is 0 Å². The lowest BCUT2D eigenvalue weighted by atomic mass is 9.93. The number of hydrogen-bond acceptors (Lipinski definition) is 1. The van der Waals surface area contributed by atoms with Gasteiger partial charge < -0.3 is 9.13 Å². The molecular formula is C47H31N3. The van der Waals surface area contributed by atoms with Crippen LogP contribution in [0.5, 0.6) is 0 Å². The number of hydrogen-bond donors (Lipinski definition) is 0. The van der Waals surface area contributed by atoms with Gasteiger partial charge in [-0.1, -0.05) is 146 Å². The van der Waals surface area contributed by atoms with E-state index >= 15 is 0 Å². The van der Waals surface area contributed by atoms with E-state index in [0.717, 1.165) is 27.7 Å². The molecule has 0 N–H and O–H groups in total. The molecule has 0 saturated carbocycles. The summed E-state index contributed by atoms with van der Waals surface area (Å²) in [4.78, 5) is 4.53. The summed E-state index contributed by atoms with van der Waals surface area (Å²) < 4.78 is 4.89. The summed E-state index contributed by atoms with van der Waals surface area (Å²) in [6, 6.07) is 63.5. The van der Waals surface area contributed by atoms with Gasteiger partial charge in [0.25, 0.3) is 0 Å². The van der Waals surface area contributed by atoms with Gasteiger partial charge in [0.05, 0.1) is 33.4 Å². The highest BCUT2D eigenvalue weighted by Gasteiger charge is 2.22. The van der Waals surface area contributed by atoms with Crippen LogP contribution in [-0.4, -0.2) is 14.1 Å². The largest absolute Gasteiger partial charge is 0.308 e. The normalized spacial score (nSPS) is 11.6. The first-order valence-electron chi connectivity index (χ1n) is 17.1. The zero-order valence-corrected chi connectivity index (χ0v) is 27.2. The first-order chi connectivity index (χ1) is 24.8. The van der Waals surface area contributed by atoms with E-state index in [1.54, 1.807) is 0 Å². The number of benzene rings is 7. The quantitative estimate of drug-likeness (QED) is 0.184. The van der Waals surface area contributed by atoms with Crippen molar-refractivity contribution in [2.75, 3.05) is 0 Å². The number of nitrogens with zero attached hydrogens (tertiary/aromatic N) is 3. The lowest BCUT2D eigenvalue weighted by Crippen LogP contribution is -2.02. The van der Waals surface area contributed by atoms with Crippen molar-refractivity contribution in [1.82, 2.24) is 14.1 Å². The fourth-order valence-corrected chi connectivity index (χ4v) is 7.85. The van der Waals surface area contributed by atoms with Gasteiger partial charge in [0, 0.05) is 50.6 Å². The molecule has 3 heteroatoms. The molecule has 234 valence electrons. The molecule has 0 atom stereocenters. The minimum Gasteiger partial charge on any atom is -0.308 e. The predicted molar refractivity (Wildman–Crippen MR) is 209 cm³/mol. The average molecular weight is 638 g/mol.